The number of benzene rings is 1. The van der Waals surface area contributed by atoms with Crippen molar-refractivity contribution in [3.63, 3.8) is 0 Å². The third-order valence-electron chi connectivity index (χ3n) is 3.23. The fourth-order valence-corrected chi connectivity index (χ4v) is 3.62. The molecule has 0 spiro atoms. The lowest BCUT2D eigenvalue weighted by Gasteiger charge is -2.12. The topological polar surface area (TPSA) is 61.5 Å². The van der Waals surface area contributed by atoms with Crippen LogP contribution < -0.4 is 10.5 Å². The summed E-state index contributed by atoms with van der Waals surface area (Å²) in [6.45, 7) is 2.16. The number of ether oxygens (including phenoxy) is 2. The van der Waals surface area contributed by atoms with Crippen LogP contribution in [0.3, 0.4) is 0 Å². The van der Waals surface area contributed by atoms with Gasteiger partial charge >= 0.3 is 5.97 Å². The number of esters is 1. The summed E-state index contributed by atoms with van der Waals surface area (Å²) in [5, 5.41) is 0. The normalized spacial score (nSPS) is 18.0. The van der Waals surface area contributed by atoms with E-state index in [4.69, 9.17) is 15.2 Å². The predicted octanol–water partition coefficient (Wildman–Crippen LogP) is 2.77. The number of nitrogens with two attached hydrogens (primary N) is 1. The molecule has 1 aliphatic heterocycles. The van der Waals surface area contributed by atoms with Gasteiger partial charge < -0.3 is 15.2 Å². The van der Waals surface area contributed by atoms with Gasteiger partial charge in [0, 0.05) is 16.6 Å². The Morgan fingerprint density at radius 3 is 3.19 bits per heavy atom. The van der Waals surface area contributed by atoms with Gasteiger partial charge in [-0.15, -0.1) is 0 Å². The van der Waals surface area contributed by atoms with Crippen LogP contribution in [0.15, 0.2) is 22.7 Å². The van der Waals surface area contributed by atoms with Crippen LogP contribution in [-0.4, -0.2) is 36.2 Å². The quantitative estimate of drug-likeness (QED) is 0.588. The summed E-state index contributed by atoms with van der Waals surface area (Å²) in [6.07, 6.45) is 1.78. The van der Waals surface area contributed by atoms with Crippen molar-refractivity contribution in [2.45, 2.75) is 31.9 Å². The van der Waals surface area contributed by atoms with E-state index in [-0.39, 0.29) is 12.1 Å². The van der Waals surface area contributed by atoms with Crippen molar-refractivity contribution in [3.05, 3.63) is 28.2 Å². The highest BCUT2D eigenvalue weighted by Crippen LogP contribution is 2.32. The predicted molar refractivity (Wildman–Crippen MR) is 88.8 cm³/mol. The van der Waals surface area contributed by atoms with Crippen LogP contribution in [0.2, 0.25) is 0 Å². The molecule has 0 radical (unpaired) electrons. The van der Waals surface area contributed by atoms with Crippen LogP contribution in [0.5, 0.6) is 5.75 Å². The lowest BCUT2D eigenvalue weighted by Crippen LogP contribution is -2.33. The molecule has 2 unspecified atom stereocenters. The zero-order chi connectivity index (χ0) is 15.2. The van der Waals surface area contributed by atoms with Crippen molar-refractivity contribution in [3.8, 4) is 5.75 Å². The molecule has 116 valence electrons. The number of carbonyl (C=O) groups excluding carboxylic acids is 1. The van der Waals surface area contributed by atoms with Crippen LogP contribution in [0.1, 0.15) is 18.9 Å². The first kappa shape index (κ1) is 16.6. The first-order valence-corrected chi connectivity index (χ1v) is 9.00. The highest BCUT2D eigenvalue weighted by Gasteiger charge is 2.23. The van der Waals surface area contributed by atoms with E-state index in [0.717, 1.165) is 28.1 Å². The van der Waals surface area contributed by atoms with Gasteiger partial charge in [-0.2, -0.15) is 11.8 Å². The molecule has 2 N–H and O–H groups in total. The smallest absolute Gasteiger partial charge is 0.322 e. The number of rotatable bonds is 7. The zero-order valence-electron chi connectivity index (χ0n) is 12.0. The standard InChI is InChI=1S/C15H20BrNO3S/c1-2-19-15(18)13(17)5-6-21-9-12-8-10-7-11(16)3-4-14(10)20-12/h3-4,7,12-13H,2,5-6,8-9,17H2,1H3. The minimum Gasteiger partial charge on any atom is -0.489 e. The Bertz CT molecular complexity index is 498. The summed E-state index contributed by atoms with van der Waals surface area (Å²) in [5.41, 5.74) is 7.01. The molecule has 0 amide bonds. The molecule has 0 fully saturated rings. The Morgan fingerprint density at radius 1 is 1.62 bits per heavy atom. The van der Waals surface area contributed by atoms with Crippen LogP contribution >= 0.6 is 27.7 Å². The van der Waals surface area contributed by atoms with Gasteiger partial charge in [0.25, 0.3) is 0 Å². The van der Waals surface area contributed by atoms with Gasteiger partial charge in [-0.05, 0) is 42.9 Å². The number of fused-ring (bicyclic) bond motifs is 1. The Morgan fingerprint density at radius 2 is 2.43 bits per heavy atom. The summed E-state index contributed by atoms with van der Waals surface area (Å²) < 4.78 is 11.9. The van der Waals surface area contributed by atoms with E-state index in [2.05, 4.69) is 22.0 Å². The molecule has 2 rings (SSSR count). The van der Waals surface area contributed by atoms with Crippen LogP contribution in [0.25, 0.3) is 0 Å². The molecule has 1 aromatic rings. The van der Waals surface area contributed by atoms with Crippen LogP contribution in [0.4, 0.5) is 0 Å². The molecule has 0 aromatic heterocycles. The van der Waals surface area contributed by atoms with Gasteiger partial charge in [0.05, 0.1) is 6.61 Å². The highest BCUT2D eigenvalue weighted by atomic mass is 79.9. The summed E-state index contributed by atoms with van der Waals surface area (Å²) >= 11 is 5.24. The van der Waals surface area contributed by atoms with E-state index in [9.17, 15) is 4.79 Å². The fraction of sp³-hybridized carbons (Fsp3) is 0.533. The molecule has 6 heteroatoms. The first-order valence-electron chi connectivity index (χ1n) is 7.05. The molecular formula is C15H20BrNO3S. The maximum atomic E-state index is 11.4. The monoisotopic (exact) mass is 373 g/mol. The van der Waals surface area contributed by atoms with E-state index < -0.39 is 6.04 Å². The zero-order valence-corrected chi connectivity index (χ0v) is 14.4. The Hall–Kier alpha value is -0.720. The average Bonchev–Trinajstić information content (AvgIpc) is 2.85. The highest BCUT2D eigenvalue weighted by molar-refractivity contribution is 9.10. The number of hydrogen-bond acceptors (Lipinski definition) is 5. The molecule has 0 saturated heterocycles. The lowest BCUT2D eigenvalue weighted by molar-refractivity contribution is -0.144. The van der Waals surface area contributed by atoms with Crippen molar-refractivity contribution in [2.24, 2.45) is 5.73 Å². The average molecular weight is 374 g/mol. The number of halogens is 1. The van der Waals surface area contributed by atoms with Gasteiger partial charge in [0.15, 0.2) is 0 Å². The minimum atomic E-state index is -0.518. The molecule has 1 aromatic carbocycles. The number of carbonyl (C=O) groups is 1. The third kappa shape index (κ3) is 4.90. The Balaban J connectivity index is 1.66. The first-order chi connectivity index (χ1) is 10.1. The second kappa shape index (κ2) is 8.06. The Kier molecular flexibility index (Phi) is 6.39. The molecular weight excluding hydrogens is 354 g/mol. The van der Waals surface area contributed by atoms with Gasteiger partial charge in [0.1, 0.15) is 17.9 Å². The van der Waals surface area contributed by atoms with Gasteiger partial charge in [-0.25, -0.2) is 0 Å². The molecule has 1 aliphatic rings. The molecule has 2 atom stereocenters. The fourth-order valence-electron chi connectivity index (χ4n) is 2.17. The van der Waals surface area contributed by atoms with E-state index in [0.29, 0.717) is 13.0 Å². The van der Waals surface area contributed by atoms with E-state index in [1.807, 2.05) is 12.1 Å². The molecule has 0 bridgehead atoms. The largest absolute Gasteiger partial charge is 0.489 e. The number of thioether (sulfide) groups is 1. The van der Waals surface area contributed by atoms with Crippen molar-refractivity contribution >= 4 is 33.7 Å². The molecule has 0 saturated carbocycles. The van der Waals surface area contributed by atoms with Crippen molar-refractivity contribution < 1.29 is 14.3 Å². The maximum absolute atomic E-state index is 11.4. The molecule has 21 heavy (non-hydrogen) atoms. The van der Waals surface area contributed by atoms with Gasteiger partial charge in [-0.3, -0.25) is 4.79 Å². The molecule has 4 nitrogen and oxygen atoms in total. The maximum Gasteiger partial charge on any atom is 0.322 e. The van der Waals surface area contributed by atoms with Crippen LogP contribution in [-0.2, 0) is 16.0 Å². The second-order valence-electron chi connectivity index (χ2n) is 4.92. The van der Waals surface area contributed by atoms with Gasteiger partial charge in [-0.1, -0.05) is 15.9 Å². The summed E-state index contributed by atoms with van der Waals surface area (Å²) in [6, 6.07) is 5.58. The summed E-state index contributed by atoms with van der Waals surface area (Å²) in [5.74, 6) is 2.40. The van der Waals surface area contributed by atoms with Crippen molar-refractivity contribution in [1.82, 2.24) is 0 Å². The van der Waals surface area contributed by atoms with E-state index in [1.54, 1.807) is 18.7 Å². The number of hydrogen-bond donors (Lipinski definition) is 1. The van der Waals surface area contributed by atoms with Gasteiger partial charge in [0.2, 0.25) is 0 Å². The molecule has 0 aliphatic carbocycles. The SMILES string of the molecule is CCOC(=O)C(N)CCSCC1Cc2cc(Br)ccc2O1. The van der Waals surface area contributed by atoms with Crippen molar-refractivity contribution in [2.75, 3.05) is 18.1 Å². The molecule has 1 heterocycles. The van der Waals surface area contributed by atoms with E-state index >= 15 is 0 Å². The minimum absolute atomic E-state index is 0.207. The van der Waals surface area contributed by atoms with E-state index in [1.165, 1.54) is 5.56 Å². The summed E-state index contributed by atoms with van der Waals surface area (Å²) in [7, 11) is 0. The third-order valence-corrected chi connectivity index (χ3v) is 4.86. The second-order valence-corrected chi connectivity index (χ2v) is 6.98. The lowest BCUT2D eigenvalue weighted by atomic mass is 10.1. The Labute approximate surface area is 137 Å². The summed E-state index contributed by atoms with van der Waals surface area (Å²) in [4.78, 5) is 11.4. The van der Waals surface area contributed by atoms with Crippen LogP contribution in [0, 0.1) is 0 Å². The van der Waals surface area contributed by atoms with Crippen molar-refractivity contribution in [1.29, 1.82) is 0 Å².